The number of carboxylic acids is 1. The molecule has 2 heterocycles. The Kier molecular flexibility index (Phi) is 19.8. The van der Waals surface area contributed by atoms with Gasteiger partial charge < -0.3 is 21.0 Å². The van der Waals surface area contributed by atoms with E-state index in [1.54, 1.807) is 45.0 Å². The summed E-state index contributed by atoms with van der Waals surface area (Å²) in [6.07, 6.45) is 0.775. The number of aromatic nitrogens is 4. The molecule has 0 radical (unpaired) electrons. The standard InChI is InChI=1S/C21H18Cl2F3N3O.C15H13ClF2N2O2.C7H8FN.C2H4O2/c1-11(13-5-3-7-16(24)18(13)25)29-21(23)14(20(28-29)12(2)30)9-10-27-17-8-4-6-15(22)19(17)26;1-8(10-4-3-5-12(17)13(10)18)20-15(16)11(6-7-21)14(19-20)9(2)22;1-5-3-2-4-6(9)7(5)8;1-2(3)4/h3-8,11,27H,9-10H2,1-2H3;3-5,7-8H,6H2,1-2H3;2-4H,9H2,1H3;1H3,(H,3,4). The normalized spacial score (nSPS) is 11.4. The molecule has 11 nitrogen and oxygen atoms in total. The fourth-order valence-electron chi connectivity index (χ4n) is 6.04. The largest absolute Gasteiger partial charge is 0.481 e. The molecule has 2 atom stereocenters. The summed E-state index contributed by atoms with van der Waals surface area (Å²) in [6, 6.07) is 15.7. The summed E-state index contributed by atoms with van der Waals surface area (Å²) < 4.78 is 84.2. The third-order valence-electron chi connectivity index (χ3n) is 9.30. The summed E-state index contributed by atoms with van der Waals surface area (Å²) >= 11 is 18.4. The van der Waals surface area contributed by atoms with E-state index in [0.717, 1.165) is 19.1 Å². The van der Waals surface area contributed by atoms with Gasteiger partial charge in [0, 0.05) is 56.0 Å². The molecular weight excluding hydrogens is 925 g/mol. The second kappa shape index (κ2) is 24.2. The molecular formula is C45H43Cl3F6N6O5. The molecule has 4 N–H and O–H groups in total. The number of carboxylic acid groups (broad SMARTS) is 1. The van der Waals surface area contributed by atoms with Crippen LogP contribution in [-0.2, 0) is 22.4 Å². The molecule has 65 heavy (non-hydrogen) atoms. The Morgan fingerprint density at radius 3 is 1.60 bits per heavy atom. The maximum absolute atomic E-state index is 14.2. The minimum absolute atomic E-state index is 0.0128. The fraction of sp³-hybridized carbons (Fsp3) is 0.244. The van der Waals surface area contributed by atoms with Crippen molar-refractivity contribution in [2.75, 3.05) is 17.6 Å². The quantitative estimate of drug-likeness (QED) is 0.0469. The molecule has 0 spiro atoms. The van der Waals surface area contributed by atoms with Crippen molar-refractivity contribution < 1.29 is 50.6 Å². The Labute approximate surface area is 385 Å². The number of carbonyl (C=O) groups is 4. The molecule has 0 aliphatic heterocycles. The molecule has 0 saturated carbocycles. The average molecular weight is 968 g/mol. The van der Waals surface area contributed by atoms with E-state index < -0.39 is 47.1 Å². The van der Waals surface area contributed by atoms with E-state index in [0.29, 0.717) is 17.4 Å². The summed E-state index contributed by atoms with van der Waals surface area (Å²) in [7, 11) is 0. The number of hydrogen-bond acceptors (Lipinski definition) is 8. The Hall–Kier alpha value is -6.17. The molecule has 6 aromatic rings. The Morgan fingerprint density at radius 1 is 0.708 bits per heavy atom. The zero-order valence-electron chi connectivity index (χ0n) is 35.6. The first-order chi connectivity index (χ1) is 30.5. The number of halogens is 9. The smallest absolute Gasteiger partial charge is 0.300 e. The van der Waals surface area contributed by atoms with Crippen molar-refractivity contribution in [3.63, 3.8) is 0 Å². The first-order valence-electron chi connectivity index (χ1n) is 19.3. The van der Waals surface area contributed by atoms with Crippen LogP contribution in [0, 0.1) is 41.8 Å². The second-order valence-corrected chi connectivity index (χ2v) is 15.1. The number of anilines is 2. The number of ketones is 2. The van der Waals surface area contributed by atoms with Gasteiger partial charge in [-0.1, -0.05) is 77.3 Å². The van der Waals surface area contributed by atoms with Gasteiger partial charge in [0.25, 0.3) is 5.97 Å². The van der Waals surface area contributed by atoms with Crippen molar-refractivity contribution in [1.29, 1.82) is 0 Å². The molecule has 0 fully saturated rings. The average Bonchev–Trinajstić information content (AvgIpc) is 3.76. The number of nitrogens with one attached hydrogen (secondary N) is 1. The summed E-state index contributed by atoms with van der Waals surface area (Å²) in [6.45, 7) is 8.82. The number of nitrogen functional groups attached to an aromatic ring is 1. The third kappa shape index (κ3) is 13.7. The third-order valence-corrected chi connectivity index (χ3v) is 10.4. The maximum Gasteiger partial charge on any atom is 0.300 e. The highest BCUT2D eigenvalue weighted by Gasteiger charge is 2.26. The number of carbonyl (C=O) groups excluding carboxylic acids is 3. The van der Waals surface area contributed by atoms with Crippen LogP contribution in [0.25, 0.3) is 0 Å². The summed E-state index contributed by atoms with van der Waals surface area (Å²) in [4.78, 5) is 43.4. The van der Waals surface area contributed by atoms with Gasteiger partial charge in [-0.2, -0.15) is 10.2 Å². The summed E-state index contributed by atoms with van der Waals surface area (Å²) in [5.74, 6) is -6.37. The van der Waals surface area contributed by atoms with Crippen molar-refractivity contribution in [2.45, 2.75) is 66.5 Å². The van der Waals surface area contributed by atoms with E-state index in [9.17, 15) is 40.7 Å². The molecule has 0 bridgehead atoms. The van der Waals surface area contributed by atoms with Gasteiger partial charge in [0.1, 0.15) is 33.8 Å². The van der Waals surface area contributed by atoms with E-state index in [2.05, 4.69) is 15.5 Å². The van der Waals surface area contributed by atoms with E-state index in [-0.39, 0.29) is 91.6 Å². The van der Waals surface area contributed by atoms with Crippen LogP contribution in [0.2, 0.25) is 15.3 Å². The SMILES string of the molecule is CC(=O)O.CC(=O)c1nn(C(C)c2cccc(F)c2F)c(Cl)c1CC=O.CC(=O)c1nn(C(C)c2cccc(F)c2F)c(Cl)c1CCNc1cccc(Cl)c1F.Cc1cccc(N)c1F. The minimum atomic E-state index is -0.999. The van der Waals surface area contributed by atoms with Crippen molar-refractivity contribution in [2.24, 2.45) is 0 Å². The highest BCUT2D eigenvalue weighted by molar-refractivity contribution is 6.31. The molecule has 20 heteroatoms. The molecule has 2 unspecified atom stereocenters. The van der Waals surface area contributed by atoms with Crippen LogP contribution in [0.5, 0.6) is 0 Å². The van der Waals surface area contributed by atoms with Gasteiger partial charge in [-0.25, -0.2) is 35.7 Å². The zero-order chi connectivity index (χ0) is 48.9. The first-order valence-corrected chi connectivity index (χ1v) is 20.4. The zero-order valence-corrected chi connectivity index (χ0v) is 37.9. The highest BCUT2D eigenvalue weighted by Crippen LogP contribution is 2.32. The van der Waals surface area contributed by atoms with E-state index in [1.807, 2.05) is 0 Å². The highest BCUT2D eigenvalue weighted by atomic mass is 35.5. The number of benzene rings is 4. The Morgan fingerprint density at radius 2 is 1.15 bits per heavy atom. The van der Waals surface area contributed by atoms with Crippen LogP contribution in [0.15, 0.2) is 72.8 Å². The lowest BCUT2D eigenvalue weighted by molar-refractivity contribution is -0.134. The van der Waals surface area contributed by atoms with Gasteiger partial charge in [0.05, 0.1) is 28.5 Å². The molecule has 4 aromatic carbocycles. The van der Waals surface area contributed by atoms with Gasteiger partial charge in [-0.3, -0.25) is 14.4 Å². The minimum Gasteiger partial charge on any atom is -0.481 e. The lowest BCUT2D eigenvalue weighted by atomic mass is 10.1. The fourth-order valence-corrected chi connectivity index (χ4v) is 6.94. The van der Waals surface area contributed by atoms with Gasteiger partial charge >= 0.3 is 0 Å². The van der Waals surface area contributed by atoms with Gasteiger partial charge in [-0.15, -0.1) is 0 Å². The number of aryl methyl sites for hydroxylation is 1. The number of rotatable bonds is 12. The predicted molar refractivity (Wildman–Crippen MR) is 237 cm³/mol. The lowest BCUT2D eigenvalue weighted by Gasteiger charge is -2.15. The van der Waals surface area contributed by atoms with Crippen LogP contribution in [0.1, 0.15) is 95.5 Å². The summed E-state index contributed by atoms with van der Waals surface area (Å²) in [5.41, 5.74) is 7.27. The van der Waals surface area contributed by atoms with Crippen LogP contribution in [0.3, 0.4) is 0 Å². The molecule has 0 amide bonds. The van der Waals surface area contributed by atoms with Gasteiger partial charge in [0.15, 0.2) is 40.7 Å². The Bertz CT molecular complexity index is 2650. The number of hydrogen-bond donors (Lipinski definition) is 3. The molecule has 2 aromatic heterocycles. The van der Waals surface area contributed by atoms with Gasteiger partial charge in [0.2, 0.25) is 0 Å². The first kappa shape index (κ1) is 53.2. The summed E-state index contributed by atoms with van der Waals surface area (Å²) in [5, 5.41) is 18.8. The molecule has 0 saturated heterocycles. The van der Waals surface area contributed by atoms with E-state index in [4.69, 9.17) is 50.4 Å². The van der Waals surface area contributed by atoms with Gasteiger partial charge in [-0.05, 0) is 63.1 Å². The van der Waals surface area contributed by atoms with Crippen molar-refractivity contribution >= 4 is 70.0 Å². The van der Waals surface area contributed by atoms with E-state index >= 15 is 0 Å². The Balaban J connectivity index is 0.000000278. The lowest BCUT2D eigenvalue weighted by Crippen LogP contribution is -2.12. The van der Waals surface area contributed by atoms with Crippen molar-refractivity contribution in [3.05, 3.63) is 162 Å². The van der Waals surface area contributed by atoms with Crippen LogP contribution < -0.4 is 11.1 Å². The van der Waals surface area contributed by atoms with Crippen molar-refractivity contribution in [1.82, 2.24) is 19.6 Å². The predicted octanol–water partition coefficient (Wildman–Crippen LogP) is 11.2. The number of aldehydes is 1. The molecule has 0 aliphatic rings. The van der Waals surface area contributed by atoms with Crippen molar-refractivity contribution in [3.8, 4) is 0 Å². The molecule has 346 valence electrons. The second-order valence-electron chi connectivity index (χ2n) is 14.0. The molecule has 0 aliphatic carbocycles. The molecule has 6 rings (SSSR count). The number of aliphatic carboxylic acids is 1. The van der Waals surface area contributed by atoms with Crippen LogP contribution in [0.4, 0.5) is 37.7 Å². The number of nitrogens with zero attached hydrogens (tertiary/aromatic N) is 4. The maximum atomic E-state index is 14.2. The van der Waals surface area contributed by atoms with E-state index in [1.165, 1.54) is 59.6 Å². The van der Waals surface area contributed by atoms with Crippen LogP contribution >= 0.6 is 34.8 Å². The monoisotopic (exact) mass is 966 g/mol. The topological polar surface area (TPSA) is 162 Å². The number of Topliss-reactive ketones (excluding diaryl/α,β-unsaturated/α-hetero) is 2. The van der Waals surface area contributed by atoms with Crippen LogP contribution in [-0.4, -0.2) is 55.0 Å². The number of nitrogens with two attached hydrogens (primary N) is 1.